The molecule has 0 saturated carbocycles. The number of allylic oxidation sites excluding steroid dienone is 5. The van der Waals surface area contributed by atoms with Crippen LogP contribution in [0.3, 0.4) is 0 Å². The van der Waals surface area contributed by atoms with Crippen molar-refractivity contribution in [2.75, 3.05) is 13.1 Å². The zero-order chi connectivity index (χ0) is 11.8. The Morgan fingerprint density at radius 1 is 0.938 bits per heavy atom. The standard InChI is InChI=1S/C15H24N/c1-4-6-12-16(13-7-5-2)15-10-8-14(3)9-11-15/h8-11H,3-7,12-13H2,1-2H3/q+1. The molecular weight excluding hydrogens is 194 g/mol. The molecule has 0 bridgehead atoms. The van der Waals surface area contributed by atoms with Crippen LogP contribution in [0.1, 0.15) is 39.5 Å². The van der Waals surface area contributed by atoms with Gasteiger partial charge in [-0.15, -0.1) is 0 Å². The van der Waals surface area contributed by atoms with Crippen LogP contribution in [0.5, 0.6) is 0 Å². The molecule has 1 aliphatic rings. The average molecular weight is 218 g/mol. The highest BCUT2D eigenvalue weighted by atomic mass is 15.0. The van der Waals surface area contributed by atoms with Crippen LogP contribution in [-0.2, 0) is 0 Å². The van der Waals surface area contributed by atoms with E-state index in [1.165, 1.54) is 44.5 Å². The van der Waals surface area contributed by atoms with Crippen LogP contribution in [0.25, 0.3) is 0 Å². The number of nitrogens with zero attached hydrogens (tertiary/aromatic N) is 1. The Balaban J connectivity index is 2.72. The summed E-state index contributed by atoms with van der Waals surface area (Å²) >= 11 is 0. The molecule has 0 aromatic heterocycles. The monoisotopic (exact) mass is 218 g/mol. The van der Waals surface area contributed by atoms with Crippen LogP contribution in [0.2, 0.25) is 0 Å². The van der Waals surface area contributed by atoms with Gasteiger partial charge in [-0.1, -0.05) is 33.3 Å². The lowest BCUT2D eigenvalue weighted by atomic mass is 10.1. The Morgan fingerprint density at radius 2 is 1.44 bits per heavy atom. The van der Waals surface area contributed by atoms with Gasteiger partial charge in [0.25, 0.3) is 0 Å². The summed E-state index contributed by atoms with van der Waals surface area (Å²) in [4.78, 5) is 0. The van der Waals surface area contributed by atoms with Gasteiger partial charge in [0.05, 0.1) is 0 Å². The van der Waals surface area contributed by atoms with Crippen molar-refractivity contribution >= 4 is 5.71 Å². The van der Waals surface area contributed by atoms with Crippen molar-refractivity contribution in [1.29, 1.82) is 0 Å². The SMILES string of the molecule is C=C1C=CC(=[N+](CCCC)CCCC)C=C1. The summed E-state index contributed by atoms with van der Waals surface area (Å²) in [5.41, 5.74) is 2.43. The largest absolute Gasteiger partial charge is 0.230 e. The zero-order valence-corrected chi connectivity index (χ0v) is 10.7. The van der Waals surface area contributed by atoms with Crippen LogP contribution in [0.4, 0.5) is 0 Å². The highest BCUT2D eigenvalue weighted by molar-refractivity contribution is 6.02. The van der Waals surface area contributed by atoms with Crippen molar-refractivity contribution in [3.05, 3.63) is 36.5 Å². The molecule has 16 heavy (non-hydrogen) atoms. The van der Waals surface area contributed by atoms with Crippen LogP contribution >= 0.6 is 0 Å². The Labute approximate surface area is 99.9 Å². The summed E-state index contributed by atoms with van der Waals surface area (Å²) in [7, 11) is 0. The Kier molecular flexibility index (Phi) is 5.84. The lowest BCUT2D eigenvalue weighted by Gasteiger charge is -2.07. The molecular formula is C15H24N+. The molecule has 0 atom stereocenters. The number of rotatable bonds is 6. The van der Waals surface area contributed by atoms with Crippen molar-refractivity contribution < 1.29 is 4.58 Å². The molecule has 0 spiro atoms. The molecule has 0 fully saturated rings. The molecule has 0 unspecified atom stereocenters. The molecule has 0 aromatic carbocycles. The molecule has 0 N–H and O–H groups in total. The Hall–Kier alpha value is -1.11. The van der Waals surface area contributed by atoms with E-state index in [9.17, 15) is 0 Å². The summed E-state index contributed by atoms with van der Waals surface area (Å²) in [5, 5.41) is 0. The molecule has 1 nitrogen and oxygen atoms in total. The molecule has 1 rings (SSSR count). The maximum atomic E-state index is 3.93. The van der Waals surface area contributed by atoms with E-state index in [0.717, 1.165) is 5.57 Å². The van der Waals surface area contributed by atoms with Gasteiger partial charge in [0.2, 0.25) is 0 Å². The summed E-state index contributed by atoms with van der Waals surface area (Å²) in [6.45, 7) is 10.8. The maximum Gasteiger partial charge on any atom is 0.199 e. The maximum absolute atomic E-state index is 3.93. The average Bonchev–Trinajstić information content (AvgIpc) is 2.31. The van der Waals surface area contributed by atoms with E-state index >= 15 is 0 Å². The van der Waals surface area contributed by atoms with Crippen molar-refractivity contribution in [2.24, 2.45) is 0 Å². The van der Waals surface area contributed by atoms with Gasteiger partial charge in [0, 0.05) is 25.0 Å². The fourth-order valence-electron chi connectivity index (χ4n) is 1.77. The number of hydrogen-bond donors (Lipinski definition) is 0. The van der Waals surface area contributed by atoms with Gasteiger partial charge in [-0.3, -0.25) is 0 Å². The summed E-state index contributed by atoms with van der Waals surface area (Å²) in [5.74, 6) is 0. The van der Waals surface area contributed by atoms with E-state index < -0.39 is 0 Å². The normalized spacial score (nSPS) is 14.6. The summed E-state index contributed by atoms with van der Waals surface area (Å²) in [6, 6.07) is 0. The van der Waals surface area contributed by atoms with E-state index in [4.69, 9.17) is 0 Å². The topological polar surface area (TPSA) is 3.01 Å². The van der Waals surface area contributed by atoms with Gasteiger partial charge in [-0.25, -0.2) is 4.58 Å². The molecule has 0 aliphatic heterocycles. The quantitative estimate of drug-likeness (QED) is 0.598. The van der Waals surface area contributed by atoms with Gasteiger partial charge >= 0.3 is 0 Å². The minimum atomic E-state index is 1.09. The predicted molar refractivity (Wildman–Crippen MR) is 72.2 cm³/mol. The van der Waals surface area contributed by atoms with Crippen LogP contribution in [0, 0.1) is 0 Å². The number of hydrogen-bond acceptors (Lipinski definition) is 0. The molecule has 0 radical (unpaired) electrons. The molecule has 1 aliphatic carbocycles. The third-order valence-corrected chi connectivity index (χ3v) is 2.86. The lowest BCUT2D eigenvalue weighted by molar-refractivity contribution is -0.527. The van der Waals surface area contributed by atoms with Gasteiger partial charge in [0.15, 0.2) is 5.71 Å². The van der Waals surface area contributed by atoms with Gasteiger partial charge in [-0.2, -0.15) is 0 Å². The molecule has 0 saturated heterocycles. The Bertz CT molecular complexity index is 290. The second-order valence-electron chi connectivity index (χ2n) is 4.36. The van der Waals surface area contributed by atoms with Gasteiger partial charge in [0.1, 0.15) is 13.1 Å². The first kappa shape index (κ1) is 13.0. The third-order valence-electron chi connectivity index (χ3n) is 2.86. The molecule has 0 amide bonds. The van der Waals surface area contributed by atoms with Crippen molar-refractivity contribution in [2.45, 2.75) is 39.5 Å². The van der Waals surface area contributed by atoms with E-state index in [1.807, 2.05) is 0 Å². The number of unbranched alkanes of at least 4 members (excludes halogenated alkanes) is 2. The molecule has 1 heteroatoms. The Morgan fingerprint density at radius 3 is 1.88 bits per heavy atom. The van der Waals surface area contributed by atoms with E-state index in [1.54, 1.807) is 0 Å². The van der Waals surface area contributed by atoms with Gasteiger partial charge in [-0.05, 0) is 17.7 Å². The van der Waals surface area contributed by atoms with Crippen molar-refractivity contribution in [3.8, 4) is 0 Å². The molecule has 88 valence electrons. The summed E-state index contributed by atoms with van der Waals surface area (Å²) in [6.07, 6.45) is 13.6. The van der Waals surface area contributed by atoms with Crippen LogP contribution in [0.15, 0.2) is 36.5 Å². The van der Waals surface area contributed by atoms with E-state index in [0.29, 0.717) is 0 Å². The lowest BCUT2D eigenvalue weighted by Crippen LogP contribution is -2.22. The smallest absolute Gasteiger partial charge is 0.199 e. The first-order chi connectivity index (χ1) is 7.77. The van der Waals surface area contributed by atoms with Gasteiger partial charge < -0.3 is 0 Å². The minimum absolute atomic E-state index is 1.09. The van der Waals surface area contributed by atoms with E-state index in [2.05, 4.69) is 49.3 Å². The molecule has 0 heterocycles. The fourth-order valence-corrected chi connectivity index (χ4v) is 1.77. The summed E-state index contributed by atoms with van der Waals surface area (Å²) < 4.78 is 2.49. The first-order valence-corrected chi connectivity index (χ1v) is 6.45. The highest BCUT2D eigenvalue weighted by Gasteiger charge is 2.10. The second-order valence-corrected chi connectivity index (χ2v) is 4.36. The first-order valence-electron chi connectivity index (χ1n) is 6.45. The fraction of sp³-hybridized carbons (Fsp3) is 0.533. The second kappa shape index (κ2) is 7.21. The van der Waals surface area contributed by atoms with Crippen LogP contribution in [-0.4, -0.2) is 23.4 Å². The van der Waals surface area contributed by atoms with Crippen LogP contribution < -0.4 is 0 Å². The predicted octanol–water partition coefficient (Wildman–Crippen LogP) is 3.72. The van der Waals surface area contributed by atoms with E-state index in [-0.39, 0.29) is 0 Å². The third kappa shape index (κ3) is 4.18. The highest BCUT2D eigenvalue weighted by Crippen LogP contribution is 2.05. The minimum Gasteiger partial charge on any atom is -0.230 e. The zero-order valence-electron chi connectivity index (χ0n) is 10.7. The van der Waals surface area contributed by atoms with Crippen molar-refractivity contribution in [1.82, 2.24) is 0 Å². The molecule has 0 aromatic rings. The van der Waals surface area contributed by atoms with Crippen molar-refractivity contribution in [3.63, 3.8) is 0 Å².